The SMILES string of the molecule is CC(=O)NC(=S)N1CCCCCC1. The van der Waals surface area contributed by atoms with Crippen LogP contribution in [-0.2, 0) is 4.79 Å². The second kappa shape index (κ2) is 5.17. The molecule has 0 aromatic heterocycles. The highest BCUT2D eigenvalue weighted by atomic mass is 32.1. The smallest absolute Gasteiger partial charge is 0.222 e. The van der Waals surface area contributed by atoms with Crippen molar-refractivity contribution in [2.75, 3.05) is 13.1 Å². The standard InChI is InChI=1S/C9H16N2OS/c1-8(12)10-9(13)11-6-4-2-3-5-7-11/h2-7H2,1H3,(H,10,12,13). The number of rotatable bonds is 0. The Morgan fingerprint density at radius 1 is 1.23 bits per heavy atom. The highest BCUT2D eigenvalue weighted by molar-refractivity contribution is 7.80. The molecule has 0 radical (unpaired) electrons. The number of amides is 1. The van der Waals surface area contributed by atoms with E-state index in [1.165, 1.54) is 32.6 Å². The maximum absolute atomic E-state index is 10.8. The van der Waals surface area contributed by atoms with E-state index in [2.05, 4.69) is 10.2 Å². The van der Waals surface area contributed by atoms with E-state index in [9.17, 15) is 4.79 Å². The molecule has 1 heterocycles. The molecule has 0 bridgehead atoms. The second-order valence-corrected chi connectivity index (χ2v) is 3.77. The fourth-order valence-electron chi connectivity index (χ4n) is 1.50. The van der Waals surface area contributed by atoms with Crippen LogP contribution in [-0.4, -0.2) is 29.0 Å². The number of nitrogens with zero attached hydrogens (tertiary/aromatic N) is 1. The van der Waals surface area contributed by atoms with E-state index in [1.807, 2.05) is 0 Å². The van der Waals surface area contributed by atoms with Crippen LogP contribution in [0.2, 0.25) is 0 Å². The average molecular weight is 200 g/mol. The van der Waals surface area contributed by atoms with E-state index < -0.39 is 0 Å². The van der Waals surface area contributed by atoms with Gasteiger partial charge in [0, 0.05) is 20.0 Å². The van der Waals surface area contributed by atoms with E-state index in [0.29, 0.717) is 5.11 Å². The summed E-state index contributed by atoms with van der Waals surface area (Å²) in [5.41, 5.74) is 0. The number of hydrogen-bond acceptors (Lipinski definition) is 2. The lowest BCUT2D eigenvalue weighted by molar-refractivity contribution is -0.117. The van der Waals surface area contributed by atoms with Crippen LogP contribution in [0.1, 0.15) is 32.6 Å². The van der Waals surface area contributed by atoms with Crippen molar-refractivity contribution < 1.29 is 4.79 Å². The molecule has 4 heteroatoms. The molecule has 0 unspecified atom stereocenters. The molecule has 1 aliphatic rings. The van der Waals surface area contributed by atoms with Gasteiger partial charge in [-0.05, 0) is 25.1 Å². The van der Waals surface area contributed by atoms with Crippen molar-refractivity contribution in [3.05, 3.63) is 0 Å². The van der Waals surface area contributed by atoms with Crippen LogP contribution in [0.3, 0.4) is 0 Å². The third-order valence-corrected chi connectivity index (χ3v) is 2.54. The maximum Gasteiger partial charge on any atom is 0.222 e. The van der Waals surface area contributed by atoms with Crippen LogP contribution in [0.25, 0.3) is 0 Å². The summed E-state index contributed by atoms with van der Waals surface area (Å²) in [7, 11) is 0. The first-order valence-electron chi connectivity index (χ1n) is 4.76. The first-order chi connectivity index (χ1) is 6.20. The topological polar surface area (TPSA) is 32.3 Å². The lowest BCUT2D eigenvalue weighted by atomic mass is 10.2. The summed E-state index contributed by atoms with van der Waals surface area (Å²) in [6, 6.07) is 0. The van der Waals surface area contributed by atoms with E-state index in [0.717, 1.165) is 13.1 Å². The Morgan fingerprint density at radius 3 is 2.23 bits per heavy atom. The zero-order valence-electron chi connectivity index (χ0n) is 8.01. The molecule has 1 aliphatic heterocycles. The van der Waals surface area contributed by atoms with Crippen molar-refractivity contribution in [1.82, 2.24) is 10.2 Å². The van der Waals surface area contributed by atoms with Gasteiger partial charge in [-0.1, -0.05) is 12.8 Å². The van der Waals surface area contributed by atoms with Crippen molar-refractivity contribution in [1.29, 1.82) is 0 Å². The van der Waals surface area contributed by atoms with Gasteiger partial charge in [0.1, 0.15) is 0 Å². The van der Waals surface area contributed by atoms with E-state index in [4.69, 9.17) is 12.2 Å². The molecule has 3 nitrogen and oxygen atoms in total. The number of hydrogen-bond donors (Lipinski definition) is 1. The Balaban J connectivity index is 2.39. The molecular weight excluding hydrogens is 184 g/mol. The Bertz CT molecular complexity index is 198. The first-order valence-corrected chi connectivity index (χ1v) is 5.17. The molecule has 0 atom stereocenters. The van der Waals surface area contributed by atoms with Gasteiger partial charge in [-0.2, -0.15) is 0 Å². The van der Waals surface area contributed by atoms with Gasteiger partial charge in [-0.25, -0.2) is 0 Å². The molecular formula is C9H16N2OS. The zero-order valence-corrected chi connectivity index (χ0v) is 8.82. The molecule has 1 rings (SSSR count). The Hall–Kier alpha value is -0.640. The zero-order chi connectivity index (χ0) is 9.68. The molecule has 0 aromatic rings. The normalized spacial score (nSPS) is 17.8. The van der Waals surface area contributed by atoms with Crippen molar-refractivity contribution >= 4 is 23.2 Å². The van der Waals surface area contributed by atoms with E-state index >= 15 is 0 Å². The highest BCUT2D eigenvalue weighted by Crippen LogP contribution is 2.09. The monoisotopic (exact) mass is 200 g/mol. The summed E-state index contributed by atoms with van der Waals surface area (Å²) >= 11 is 5.10. The molecule has 1 N–H and O–H groups in total. The van der Waals surface area contributed by atoms with Gasteiger partial charge in [0.2, 0.25) is 5.91 Å². The minimum absolute atomic E-state index is 0.0748. The molecule has 1 fully saturated rings. The fourth-order valence-corrected chi connectivity index (χ4v) is 1.83. The third-order valence-electron chi connectivity index (χ3n) is 2.18. The minimum Gasteiger partial charge on any atom is -0.349 e. The largest absolute Gasteiger partial charge is 0.349 e. The summed E-state index contributed by atoms with van der Waals surface area (Å²) in [4.78, 5) is 12.8. The fraction of sp³-hybridized carbons (Fsp3) is 0.778. The Kier molecular flexibility index (Phi) is 4.15. The Labute approximate surface area is 84.5 Å². The van der Waals surface area contributed by atoms with Crippen LogP contribution in [0.15, 0.2) is 0 Å². The summed E-state index contributed by atoms with van der Waals surface area (Å²) in [5.74, 6) is -0.0748. The predicted octanol–water partition coefficient (Wildman–Crippen LogP) is 1.28. The van der Waals surface area contributed by atoms with Gasteiger partial charge in [0.15, 0.2) is 5.11 Å². The van der Waals surface area contributed by atoms with E-state index in [1.54, 1.807) is 0 Å². The van der Waals surface area contributed by atoms with Gasteiger partial charge < -0.3 is 10.2 Å². The molecule has 74 valence electrons. The molecule has 0 saturated carbocycles. The lowest BCUT2D eigenvalue weighted by Crippen LogP contribution is -2.42. The number of carbonyl (C=O) groups excluding carboxylic acids is 1. The molecule has 1 amide bonds. The van der Waals surface area contributed by atoms with Gasteiger partial charge in [-0.3, -0.25) is 4.79 Å². The minimum atomic E-state index is -0.0748. The summed E-state index contributed by atoms with van der Waals surface area (Å²) < 4.78 is 0. The van der Waals surface area contributed by atoms with Gasteiger partial charge in [0.05, 0.1) is 0 Å². The first kappa shape index (κ1) is 10.4. The average Bonchev–Trinajstić information content (AvgIpc) is 2.29. The van der Waals surface area contributed by atoms with Crippen LogP contribution < -0.4 is 5.32 Å². The predicted molar refractivity (Wildman–Crippen MR) is 56.5 cm³/mol. The molecule has 1 saturated heterocycles. The van der Waals surface area contributed by atoms with Crippen LogP contribution in [0.4, 0.5) is 0 Å². The van der Waals surface area contributed by atoms with Crippen LogP contribution >= 0.6 is 12.2 Å². The number of carbonyl (C=O) groups is 1. The summed E-state index contributed by atoms with van der Waals surface area (Å²) in [6.45, 7) is 3.46. The molecule has 0 aliphatic carbocycles. The summed E-state index contributed by atoms with van der Waals surface area (Å²) in [5, 5.41) is 3.25. The second-order valence-electron chi connectivity index (χ2n) is 3.39. The number of thiocarbonyl (C=S) groups is 1. The quantitative estimate of drug-likeness (QED) is 0.598. The molecule has 0 spiro atoms. The lowest BCUT2D eigenvalue weighted by Gasteiger charge is -2.22. The highest BCUT2D eigenvalue weighted by Gasteiger charge is 2.12. The van der Waals surface area contributed by atoms with E-state index in [-0.39, 0.29) is 5.91 Å². The van der Waals surface area contributed by atoms with Gasteiger partial charge in [-0.15, -0.1) is 0 Å². The number of likely N-dealkylation sites (tertiary alicyclic amines) is 1. The van der Waals surface area contributed by atoms with Crippen LogP contribution in [0, 0.1) is 0 Å². The van der Waals surface area contributed by atoms with Crippen molar-refractivity contribution in [3.63, 3.8) is 0 Å². The van der Waals surface area contributed by atoms with Gasteiger partial charge in [0.25, 0.3) is 0 Å². The van der Waals surface area contributed by atoms with Crippen molar-refractivity contribution in [2.24, 2.45) is 0 Å². The van der Waals surface area contributed by atoms with Crippen LogP contribution in [0.5, 0.6) is 0 Å². The van der Waals surface area contributed by atoms with Crippen molar-refractivity contribution in [3.8, 4) is 0 Å². The number of nitrogens with one attached hydrogen (secondary N) is 1. The Morgan fingerprint density at radius 2 is 1.77 bits per heavy atom. The molecule has 13 heavy (non-hydrogen) atoms. The summed E-state index contributed by atoms with van der Waals surface area (Å²) in [6.07, 6.45) is 4.91. The molecule has 0 aromatic carbocycles. The van der Waals surface area contributed by atoms with Crippen molar-refractivity contribution in [2.45, 2.75) is 32.6 Å². The third kappa shape index (κ3) is 3.72. The maximum atomic E-state index is 10.8. The van der Waals surface area contributed by atoms with Gasteiger partial charge >= 0.3 is 0 Å².